The summed E-state index contributed by atoms with van der Waals surface area (Å²) < 4.78 is 19.7. The van der Waals surface area contributed by atoms with Gasteiger partial charge in [-0.1, -0.05) is 25.3 Å². The number of rotatable bonds is 13. The van der Waals surface area contributed by atoms with Crippen molar-refractivity contribution in [1.29, 1.82) is 0 Å². The van der Waals surface area contributed by atoms with Gasteiger partial charge >= 0.3 is 29.8 Å². The number of aromatic carboxylic acids is 1. The summed E-state index contributed by atoms with van der Waals surface area (Å²) in [4.78, 5) is 59.6. The molecule has 2 aromatic carbocycles. The fraction of sp³-hybridized carbons (Fsp3) is 0.250. The Morgan fingerprint density at radius 3 is 1.55 bits per heavy atom. The van der Waals surface area contributed by atoms with Gasteiger partial charge in [-0.05, 0) is 49.2 Å². The van der Waals surface area contributed by atoms with Crippen molar-refractivity contribution in [1.82, 2.24) is 0 Å². The van der Waals surface area contributed by atoms with E-state index < -0.39 is 36.1 Å². The van der Waals surface area contributed by atoms with Gasteiger partial charge in [0.05, 0.1) is 16.7 Å². The molecule has 12 heteroatoms. The van der Waals surface area contributed by atoms with Crippen LogP contribution in [0.5, 0.6) is 0 Å². The maximum absolute atomic E-state index is 12.6. The smallest absolute Gasteiger partial charge is 0.339 e. The molecule has 12 nitrogen and oxygen atoms in total. The van der Waals surface area contributed by atoms with Crippen LogP contribution < -0.4 is 0 Å². The first-order valence-corrected chi connectivity index (χ1v) is 11.7. The van der Waals surface area contributed by atoms with Crippen LogP contribution in [0.1, 0.15) is 56.8 Å². The van der Waals surface area contributed by atoms with Crippen molar-refractivity contribution in [2.75, 3.05) is 26.4 Å². The van der Waals surface area contributed by atoms with Crippen LogP contribution in [0.4, 0.5) is 0 Å². The highest BCUT2D eigenvalue weighted by Gasteiger charge is 2.22. The highest BCUT2D eigenvalue weighted by molar-refractivity contribution is 6.03. The Hall–Kier alpha value is -4.81. The lowest BCUT2D eigenvalue weighted by Crippen LogP contribution is -2.17. The molecule has 0 fully saturated rings. The molecule has 2 rings (SSSR count). The topological polar surface area (TPSA) is 183 Å². The van der Waals surface area contributed by atoms with Gasteiger partial charge < -0.3 is 34.3 Å². The van der Waals surface area contributed by atoms with Gasteiger partial charge in [-0.2, -0.15) is 0 Å². The van der Waals surface area contributed by atoms with Gasteiger partial charge in [-0.25, -0.2) is 24.0 Å². The molecular formula is C28H28O12. The minimum atomic E-state index is -2.09. The van der Waals surface area contributed by atoms with E-state index in [1.54, 1.807) is 0 Å². The van der Waals surface area contributed by atoms with Crippen LogP contribution in [-0.2, 0) is 28.5 Å². The van der Waals surface area contributed by atoms with E-state index in [4.69, 9.17) is 18.9 Å². The van der Waals surface area contributed by atoms with Gasteiger partial charge in [-0.3, -0.25) is 0 Å². The van der Waals surface area contributed by atoms with E-state index in [2.05, 4.69) is 13.2 Å². The van der Waals surface area contributed by atoms with Crippen LogP contribution in [0.25, 0.3) is 11.1 Å². The first kappa shape index (κ1) is 31.4. The molecule has 0 aromatic heterocycles. The molecule has 40 heavy (non-hydrogen) atoms. The lowest BCUT2D eigenvalue weighted by atomic mass is 9.95. The van der Waals surface area contributed by atoms with Crippen molar-refractivity contribution < 1.29 is 58.2 Å². The number of carboxylic acid groups (broad SMARTS) is 1. The minimum absolute atomic E-state index is 0.155. The highest BCUT2D eigenvalue weighted by atomic mass is 16.6. The summed E-state index contributed by atoms with van der Waals surface area (Å²) in [5, 5.41) is 29.2. The molecule has 3 N–H and O–H groups in total. The zero-order valence-corrected chi connectivity index (χ0v) is 21.8. The molecule has 0 amide bonds. The van der Waals surface area contributed by atoms with Crippen molar-refractivity contribution in [3.05, 3.63) is 83.0 Å². The van der Waals surface area contributed by atoms with Crippen LogP contribution in [0.2, 0.25) is 0 Å². The molecule has 0 saturated carbocycles. The number of carbonyl (C=O) groups excluding carboxylic acids is 4. The SMILES string of the molecule is C=C(C)C(=O)OCCOC(=O)c1cc(-c2ccc(C(=O)OCCOC(=O)C(=C)C)c(C(O)O)c2)ccc1C(=O)O. The van der Waals surface area contributed by atoms with E-state index in [1.165, 1.54) is 50.2 Å². The number of carbonyl (C=O) groups is 5. The molecule has 0 radical (unpaired) electrons. The summed E-state index contributed by atoms with van der Waals surface area (Å²) in [6.07, 6.45) is -2.09. The number of hydrogen-bond donors (Lipinski definition) is 3. The van der Waals surface area contributed by atoms with Crippen molar-refractivity contribution in [3.63, 3.8) is 0 Å². The molecule has 0 aliphatic rings. The minimum Gasteiger partial charge on any atom is -0.478 e. The van der Waals surface area contributed by atoms with Crippen molar-refractivity contribution in [3.8, 4) is 11.1 Å². The van der Waals surface area contributed by atoms with Gasteiger partial charge in [-0.15, -0.1) is 0 Å². The molecule has 0 unspecified atom stereocenters. The summed E-state index contributed by atoms with van der Waals surface area (Å²) in [6, 6.07) is 7.70. The normalized spacial score (nSPS) is 10.4. The summed E-state index contributed by atoms with van der Waals surface area (Å²) in [7, 11) is 0. The molecule has 212 valence electrons. The molecule has 0 aliphatic heterocycles. The number of hydrogen-bond acceptors (Lipinski definition) is 11. The summed E-state index contributed by atoms with van der Waals surface area (Å²) in [5.74, 6) is -4.65. The van der Waals surface area contributed by atoms with Gasteiger partial charge in [0, 0.05) is 16.7 Å². The maximum Gasteiger partial charge on any atom is 0.339 e. The van der Waals surface area contributed by atoms with Gasteiger partial charge in [0.15, 0.2) is 6.29 Å². The molecule has 0 atom stereocenters. The largest absolute Gasteiger partial charge is 0.478 e. The summed E-state index contributed by atoms with van der Waals surface area (Å²) in [5.41, 5.74) is -0.163. The van der Waals surface area contributed by atoms with Crippen LogP contribution in [0.3, 0.4) is 0 Å². The van der Waals surface area contributed by atoms with Gasteiger partial charge in [0.2, 0.25) is 0 Å². The third kappa shape index (κ3) is 8.61. The first-order valence-electron chi connectivity index (χ1n) is 11.7. The zero-order valence-electron chi connectivity index (χ0n) is 21.8. The average molecular weight is 557 g/mol. The molecule has 0 heterocycles. The van der Waals surface area contributed by atoms with Crippen molar-refractivity contribution in [2.24, 2.45) is 0 Å². The van der Waals surface area contributed by atoms with E-state index in [0.29, 0.717) is 11.1 Å². The monoisotopic (exact) mass is 556 g/mol. The van der Waals surface area contributed by atoms with E-state index >= 15 is 0 Å². The quantitative estimate of drug-likeness (QED) is 0.108. The lowest BCUT2D eigenvalue weighted by Gasteiger charge is -2.14. The standard InChI is InChI=1S/C28H28O12/c1-15(2)25(33)37-9-11-39-27(35)20-8-6-17(13-21(20)24(31)32)18-5-7-19(23(29)30)22(14-18)28(36)40-12-10-38-26(34)16(3)4/h5-8,13-14,24,31-32H,1,3,9-12H2,2,4H3,(H,29,30). The van der Waals surface area contributed by atoms with Crippen LogP contribution in [-0.4, -0.2) is 71.6 Å². The van der Waals surface area contributed by atoms with Crippen LogP contribution >= 0.6 is 0 Å². The van der Waals surface area contributed by atoms with E-state index in [9.17, 15) is 39.3 Å². The second kappa shape index (κ2) is 14.4. The Bertz CT molecular complexity index is 1340. The van der Waals surface area contributed by atoms with Gasteiger partial charge in [0.1, 0.15) is 26.4 Å². The third-order valence-corrected chi connectivity index (χ3v) is 5.15. The second-order valence-corrected chi connectivity index (χ2v) is 8.35. The number of aliphatic hydroxyl groups excluding tert-OH is 1. The van der Waals surface area contributed by atoms with Gasteiger partial charge in [0.25, 0.3) is 0 Å². The first-order chi connectivity index (χ1) is 18.8. The molecule has 0 spiro atoms. The number of ether oxygens (including phenoxy) is 4. The van der Waals surface area contributed by atoms with Crippen molar-refractivity contribution in [2.45, 2.75) is 20.1 Å². The predicted octanol–water partition coefficient (Wildman–Crippen LogP) is 2.59. The van der Waals surface area contributed by atoms with Crippen molar-refractivity contribution >= 4 is 29.8 Å². The second-order valence-electron chi connectivity index (χ2n) is 8.35. The fourth-order valence-corrected chi connectivity index (χ4v) is 3.16. The Kier molecular flexibility index (Phi) is 11.3. The Morgan fingerprint density at radius 2 is 1.10 bits per heavy atom. The Morgan fingerprint density at radius 1 is 0.675 bits per heavy atom. The molecule has 0 aliphatic carbocycles. The maximum atomic E-state index is 12.6. The predicted molar refractivity (Wildman–Crippen MR) is 138 cm³/mol. The molecule has 0 bridgehead atoms. The summed E-state index contributed by atoms with van der Waals surface area (Å²) >= 11 is 0. The number of benzene rings is 2. The highest BCUT2D eigenvalue weighted by Crippen LogP contribution is 2.28. The summed E-state index contributed by atoms with van der Waals surface area (Å²) in [6.45, 7) is 8.60. The zero-order chi connectivity index (χ0) is 30.0. The van der Waals surface area contributed by atoms with Crippen LogP contribution in [0.15, 0.2) is 60.7 Å². The molecule has 0 saturated heterocycles. The number of esters is 4. The Balaban J connectivity index is 2.25. The molecule has 2 aromatic rings. The number of aliphatic hydroxyl groups is 2. The van der Waals surface area contributed by atoms with E-state index in [0.717, 1.165) is 0 Å². The average Bonchev–Trinajstić information content (AvgIpc) is 2.91. The molecular weight excluding hydrogens is 528 g/mol. The lowest BCUT2D eigenvalue weighted by molar-refractivity contribution is -0.140. The van der Waals surface area contributed by atoms with Crippen LogP contribution in [0, 0.1) is 0 Å². The number of carboxylic acids is 1. The third-order valence-electron chi connectivity index (χ3n) is 5.15. The Labute approximate surface area is 229 Å². The fourth-order valence-electron chi connectivity index (χ4n) is 3.16. The van der Waals surface area contributed by atoms with E-state index in [1.807, 2.05) is 0 Å². The van der Waals surface area contributed by atoms with E-state index in [-0.39, 0.29) is 59.8 Å².